The van der Waals surface area contributed by atoms with E-state index in [1.165, 1.54) is 0 Å². The van der Waals surface area contributed by atoms with Crippen LogP contribution < -0.4 is 0 Å². The van der Waals surface area contributed by atoms with E-state index >= 15 is 0 Å². The molecule has 0 radical (unpaired) electrons. The Morgan fingerprint density at radius 1 is 0.714 bits per heavy atom. The Hall–Kier alpha value is -2.27. The normalized spacial score (nSPS) is 7.71. The SMILES string of the molecule is O=C(O)O.O=C(O)OOOOC(=O)O. The Bertz CT molecular complexity index is 175. The van der Waals surface area contributed by atoms with Crippen molar-refractivity contribution in [3.05, 3.63) is 0 Å². The van der Waals surface area contributed by atoms with Crippen molar-refractivity contribution >= 4 is 18.5 Å². The molecular weight excluding hydrogens is 212 g/mol. The molecule has 0 aromatic rings. The van der Waals surface area contributed by atoms with Crippen LogP contribution in [0.5, 0.6) is 0 Å². The van der Waals surface area contributed by atoms with E-state index in [0.29, 0.717) is 0 Å². The van der Waals surface area contributed by atoms with Crippen molar-refractivity contribution in [3.63, 3.8) is 0 Å². The van der Waals surface area contributed by atoms with Gasteiger partial charge in [-0.25, -0.2) is 24.2 Å². The molecule has 0 saturated heterocycles. The van der Waals surface area contributed by atoms with Gasteiger partial charge in [0.15, 0.2) is 0 Å². The van der Waals surface area contributed by atoms with Crippen LogP contribution in [-0.2, 0) is 19.9 Å². The minimum Gasteiger partial charge on any atom is -0.450 e. The average Bonchev–Trinajstić information content (AvgIpc) is 1.96. The Morgan fingerprint density at radius 2 is 0.929 bits per heavy atom. The highest BCUT2D eigenvalue weighted by Crippen LogP contribution is 1.84. The van der Waals surface area contributed by atoms with Gasteiger partial charge in [0.05, 0.1) is 0 Å². The fourth-order valence-corrected chi connectivity index (χ4v) is 0.0860. The quantitative estimate of drug-likeness (QED) is 0.292. The predicted octanol–water partition coefficient (Wildman–Crippen LogP) is 0.376. The molecule has 0 aromatic heterocycles. The van der Waals surface area contributed by atoms with Crippen molar-refractivity contribution in [1.29, 1.82) is 0 Å². The molecule has 0 saturated carbocycles. The minimum absolute atomic E-state index is 1.80. The van der Waals surface area contributed by atoms with Crippen LogP contribution in [0.1, 0.15) is 0 Å². The van der Waals surface area contributed by atoms with Crippen molar-refractivity contribution in [2.24, 2.45) is 0 Å². The van der Waals surface area contributed by atoms with Crippen molar-refractivity contribution < 1.29 is 54.7 Å². The maximum Gasteiger partial charge on any atom is 0.540 e. The van der Waals surface area contributed by atoms with Gasteiger partial charge < -0.3 is 20.4 Å². The number of rotatable bonds is 3. The fraction of sp³-hybridized carbons (Fsp3) is 0. The molecule has 0 aliphatic rings. The van der Waals surface area contributed by atoms with Crippen molar-refractivity contribution in [2.75, 3.05) is 0 Å². The van der Waals surface area contributed by atoms with Gasteiger partial charge in [0, 0.05) is 10.1 Å². The summed E-state index contributed by atoms with van der Waals surface area (Å²) in [4.78, 5) is 33.8. The molecule has 4 N–H and O–H groups in total. The lowest BCUT2D eigenvalue weighted by atomic mass is 11.4. The van der Waals surface area contributed by atoms with Crippen LogP contribution in [-0.4, -0.2) is 38.9 Å². The maximum absolute atomic E-state index is 9.41. The first-order valence-electron chi connectivity index (χ1n) is 2.42. The lowest BCUT2D eigenvalue weighted by Gasteiger charge is -1.93. The van der Waals surface area contributed by atoms with Crippen LogP contribution in [0.2, 0.25) is 0 Å². The summed E-state index contributed by atoms with van der Waals surface area (Å²) in [5.41, 5.74) is 0. The highest BCUT2D eigenvalue weighted by Gasteiger charge is 2.01. The van der Waals surface area contributed by atoms with Crippen LogP contribution in [0.3, 0.4) is 0 Å². The third kappa shape index (κ3) is 33.1. The van der Waals surface area contributed by atoms with Gasteiger partial charge >= 0.3 is 18.5 Å². The standard InChI is InChI=1S/C2H2O8.CH2O3/c3-1(4)7-9-10-8-2(5)6;2-1(3)4/h(H,3,4)(H,5,6);(H2,2,3,4). The summed E-state index contributed by atoms with van der Waals surface area (Å²) in [5, 5.41) is 35.6. The molecule has 0 rings (SSSR count). The Labute approximate surface area is 74.4 Å². The van der Waals surface area contributed by atoms with Gasteiger partial charge in [0.2, 0.25) is 0 Å². The molecule has 82 valence electrons. The van der Waals surface area contributed by atoms with E-state index in [1.54, 1.807) is 0 Å². The zero-order chi connectivity index (χ0) is 11.6. The van der Waals surface area contributed by atoms with Gasteiger partial charge in [-0.2, -0.15) is 0 Å². The van der Waals surface area contributed by atoms with Crippen LogP contribution >= 0.6 is 0 Å². The molecule has 0 bridgehead atoms. The predicted molar refractivity (Wildman–Crippen MR) is 31.0 cm³/mol. The van der Waals surface area contributed by atoms with Gasteiger partial charge in [0.25, 0.3) is 0 Å². The highest BCUT2D eigenvalue weighted by atomic mass is 17.7. The topological polar surface area (TPSA) is 169 Å². The zero-order valence-electron chi connectivity index (χ0n) is 6.15. The van der Waals surface area contributed by atoms with Gasteiger partial charge in [-0.15, -0.1) is 0 Å². The third-order valence-electron chi connectivity index (χ3n) is 0.238. The molecular formula is C3H4O11. The van der Waals surface area contributed by atoms with Crippen molar-refractivity contribution in [2.45, 2.75) is 0 Å². The molecule has 0 aliphatic heterocycles. The molecule has 0 atom stereocenters. The molecule has 0 fully saturated rings. The first-order chi connectivity index (χ1) is 6.36. The van der Waals surface area contributed by atoms with E-state index in [4.69, 9.17) is 25.2 Å². The minimum atomic E-state index is -1.83. The van der Waals surface area contributed by atoms with Crippen molar-refractivity contribution in [3.8, 4) is 0 Å². The average molecular weight is 216 g/mol. The van der Waals surface area contributed by atoms with E-state index in [1.807, 2.05) is 0 Å². The van der Waals surface area contributed by atoms with E-state index < -0.39 is 18.5 Å². The summed E-state index contributed by atoms with van der Waals surface area (Å²) in [5.74, 6) is 0. The highest BCUT2D eigenvalue weighted by molar-refractivity contribution is 5.56. The van der Waals surface area contributed by atoms with E-state index in [0.717, 1.165) is 0 Å². The second-order valence-electron chi connectivity index (χ2n) is 1.12. The van der Waals surface area contributed by atoms with Crippen LogP contribution in [0.4, 0.5) is 14.4 Å². The molecule has 14 heavy (non-hydrogen) atoms. The first kappa shape index (κ1) is 14.3. The summed E-state index contributed by atoms with van der Waals surface area (Å²) in [6.07, 6.45) is -5.43. The lowest BCUT2D eigenvalue weighted by Crippen LogP contribution is -2.06. The molecule has 0 spiro atoms. The molecule has 0 aliphatic carbocycles. The third-order valence-corrected chi connectivity index (χ3v) is 0.238. The molecule has 0 aromatic carbocycles. The summed E-state index contributed by atoms with van der Waals surface area (Å²) < 4.78 is 0. The first-order valence-corrected chi connectivity index (χ1v) is 2.42. The van der Waals surface area contributed by atoms with Crippen LogP contribution in [0.25, 0.3) is 0 Å². The van der Waals surface area contributed by atoms with E-state index in [2.05, 4.69) is 19.9 Å². The van der Waals surface area contributed by atoms with E-state index in [-0.39, 0.29) is 0 Å². The summed E-state index contributed by atoms with van der Waals surface area (Å²) >= 11 is 0. The molecule has 11 nitrogen and oxygen atoms in total. The van der Waals surface area contributed by atoms with E-state index in [9.17, 15) is 9.59 Å². The van der Waals surface area contributed by atoms with Gasteiger partial charge in [0.1, 0.15) is 0 Å². The number of hydrogen-bond donors (Lipinski definition) is 4. The molecule has 0 amide bonds. The molecule has 0 unspecified atom stereocenters. The summed E-state index contributed by atoms with van der Waals surface area (Å²) in [6, 6.07) is 0. The van der Waals surface area contributed by atoms with Gasteiger partial charge in [-0.05, 0) is 0 Å². The smallest absolute Gasteiger partial charge is 0.450 e. The molecule has 11 heteroatoms. The Morgan fingerprint density at radius 3 is 1.07 bits per heavy atom. The summed E-state index contributed by atoms with van der Waals surface area (Å²) in [7, 11) is 0. The zero-order valence-corrected chi connectivity index (χ0v) is 6.15. The summed E-state index contributed by atoms with van der Waals surface area (Å²) in [6.45, 7) is 0. The molecule has 0 heterocycles. The second-order valence-corrected chi connectivity index (χ2v) is 1.12. The Kier molecular flexibility index (Phi) is 8.99. The largest absolute Gasteiger partial charge is 0.540 e. The fourth-order valence-electron chi connectivity index (χ4n) is 0.0860. The van der Waals surface area contributed by atoms with Gasteiger partial charge in [-0.3, -0.25) is 0 Å². The van der Waals surface area contributed by atoms with Gasteiger partial charge in [-0.1, -0.05) is 0 Å². The van der Waals surface area contributed by atoms with Crippen LogP contribution in [0.15, 0.2) is 0 Å². The lowest BCUT2D eigenvalue weighted by molar-refractivity contribution is -0.600. The second kappa shape index (κ2) is 8.82. The van der Waals surface area contributed by atoms with Crippen molar-refractivity contribution in [1.82, 2.24) is 0 Å². The Balaban J connectivity index is 0. The van der Waals surface area contributed by atoms with Crippen LogP contribution in [0, 0.1) is 0 Å². The number of hydrogen-bond acceptors (Lipinski definition) is 7. The number of carbonyl (C=O) groups is 3. The number of carboxylic acid groups (broad SMARTS) is 4. The maximum atomic E-state index is 9.41. The monoisotopic (exact) mass is 216 g/mol.